The lowest BCUT2D eigenvalue weighted by Gasteiger charge is -2.24. The maximum atomic E-state index is 13.1. The normalized spacial score (nSPS) is 12.2. The third-order valence-corrected chi connectivity index (χ3v) is 5.73. The molecule has 0 fully saturated rings. The minimum absolute atomic E-state index is 0.00515. The minimum Gasteiger partial charge on any atom is -0.478 e. The van der Waals surface area contributed by atoms with Crippen LogP contribution in [0.15, 0.2) is 77.3 Å². The van der Waals surface area contributed by atoms with Gasteiger partial charge >= 0.3 is 17.9 Å². The number of nitrogens with one attached hydrogen (secondary N) is 1. The van der Waals surface area contributed by atoms with Gasteiger partial charge in [-0.05, 0) is 48.5 Å². The summed E-state index contributed by atoms with van der Waals surface area (Å²) < 4.78 is 11.0. The zero-order valence-electron chi connectivity index (χ0n) is 17.6. The summed E-state index contributed by atoms with van der Waals surface area (Å²) in [4.78, 5) is 50.5. The third kappa shape index (κ3) is 6.82. The summed E-state index contributed by atoms with van der Waals surface area (Å²) in [6.45, 7) is 0. The molecule has 180 valence electrons. The number of ether oxygens (including phenoxy) is 2. The lowest BCUT2D eigenvalue weighted by Crippen LogP contribution is -2.48. The molecule has 11 heteroatoms. The van der Waals surface area contributed by atoms with E-state index < -0.39 is 36.0 Å². The molecule has 0 aliphatic carbocycles. The Morgan fingerprint density at radius 3 is 1.66 bits per heavy atom. The largest absolute Gasteiger partial charge is 0.478 e. The number of carbonyl (C=O) groups is 4. The number of hydrogen-bond acceptors (Lipinski definition) is 6. The summed E-state index contributed by atoms with van der Waals surface area (Å²) in [5.41, 5.74) is 0.0284. The zero-order chi connectivity index (χ0) is 25.5. The second kappa shape index (κ2) is 11.8. The van der Waals surface area contributed by atoms with E-state index in [9.17, 15) is 24.3 Å². The fourth-order valence-corrected chi connectivity index (χ4v) is 3.54. The SMILES string of the molecule is O=C(O[C@H](C(=O)O)[C@@H](OC(=O)c1ccccc1Cl)C(=O)Nc1ccc(Br)cc1)c1ccccc1Cl. The van der Waals surface area contributed by atoms with Gasteiger partial charge in [-0.25, -0.2) is 14.4 Å². The van der Waals surface area contributed by atoms with E-state index in [4.69, 9.17) is 32.7 Å². The van der Waals surface area contributed by atoms with Crippen LogP contribution in [0.2, 0.25) is 10.0 Å². The Morgan fingerprint density at radius 2 is 1.20 bits per heavy atom. The van der Waals surface area contributed by atoms with Crippen LogP contribution < -0.4 is 5.32 Å². The van der Waals surface area contributed by atoms with Crippen LogP contribution in [0.1, 0.15) is 20.7 Å². The molecular weight excluding hydrogens is 565 g/mol. The monoisotopic (exact) mass is 579 g/mol. The topological polar surface area (TPSA) is 119 Å². The predicted octanol–water partition coefficient (Wildman–Crippen LogP) is 5.23. The molecule has 0 radical (unpaired) electrons. The summed E-state index contributed by atoms with van der Waals surface area (Å²) in [5.74, 6) is -5.00. The van der Waals surface area contributed by atoms with Crippen molar-refractivity contribution in [3.63, 3.8) is 0 Å². The number of benzene rings is 3. The number of amides is 1. The van der Waals surface area contributed by atoms with Gasteiger partial charge in [0, 0.05) is 10.2 Å². The van der Waals surface area contributed by atoms with E-state index in [1.165, 1.54) is 48.5 Å². The molecule has 2 N–H and O–H groups in total. The third-order valence-electron chi connectivity index (χ3n) is 4.54. The molecule has 35 heavy (non-hydrogen) atoms. The van der Waals surface area contributed by atoms with E-state index in [0.717, 1.165) is 4.47 Å². The number of anilines is 1. The number of carboxylic acid groups (broad SMARTS) is 1. The molecule has 3 aromatic carbocycles. The van der Waals surface area contributed by atoms with Gasteiger partial charge in [0.05, 0.1) is 21.2 Å². The number of carboxylic acids is 1. The number of aliphatic carboxylic acids is 1. The van der Waals surface area contributed by atoms with Gasteiger partial charge in [-0.15, -0.1) is 0 Å². The minimum atomic E-state index is -2.21. The Hall–Kier alpha value is -3.40. The standard InChI is InChI=1S/C24H16BrCl2NO7/c25-13-9-11-14(12-10-13)28-21(29)19(34-23(32)15-5-1-3-7-17(15)26)20(22(30)31)35-24(33)16-6-2-4-8-18(16)27/h1-12,19-20H,(H,28,29)(H,30,31)/t19-,20+/m1/s1. The highest BCUT2D eigenvalue weighted by Crippen LogP contribution is 2.22. The molecule has 0 bridgehead atoms. The highest BCUT2D eigenvalue weighted by molar-refractivity contribution is 9.10. The van der Waals surface area contributed by atoms with Crippen molar-refractivity contribution >= 4 is 68.6 Å². The van der Waals surface area contributed by atoms with Crippen LogP contribution in [0.3, 0.4) is 0 Å². The Balaban J connectivity index is 1.93. The maximum absolute atomic E-state index is 13.1. The van der Waals surface area contributed by atoms with Crippen molar-refractivity contribution in [1.29, 1.82) is 0 Å². The van der Waals surface area contributed by atoms with Crippen molar-refractivity contribution in [3.8, 4) is 0 Å². The van der Waals surface area contributed by atoms with E-state index in [1.807, 2.05) is 0 Å². The maximum Gasteiger partial charge on any atom is 0.349 e. The lowest BCUT2D eigenvalue weighted by atomic mass is 10.1. The Bertz CT molecular complexity index is 1270. The van der Waals surface area contributed by atoms with Crippen LogP contribution in [0.4, 0.5) is 5.69 Å². The number of hydrogen-bond donors (Lipinski definition) is 2. The van der Waals surface area contributed by atoms with Gasteiger partial charge in [0.2, 0.25) is 12.2 Å². The molecular formula is C24H16BrCl2NO7. The van der Waals surface area contributed by atoms with Gasteiger partial charge in [0.15, 0.2) is 0 Å². The molecule has 0 aliphatic heterocycles. The molecule has 3 rings (SSSR count). The van der Waals surface area contributed by atoms with E-state index in [2.05, 4.69) is 21.2 Å². The van der Waals surface area contributed by atoms with E-state index >= 15 is 0 Å². The fraction of sp³-hybridized carbons (Fsp3) is 0.0833. The van der Waals surface area contributed by atoms with Crippen molar-refractivity contribution in [2.75, 3.05) is 5.32 Å². The van der Waals surface area contributed by atoms with Gasteiger partial charge in [0.1, 0.15) is 0 Å². The van der Waals surface area contributed by atoms with Crippen LogP contribution in [-0.4, -0.2) is 41.1 Å². The van der Waals surface area contributed by atoms with E-state index in [1.54, 1.807) is 24.3 Å². The number of rotatable bonds is 8. The van der Waals surface area contributed by atoms with Crippen molar-refractivity contribution in [2.45, 2.75) is 12.2 Å². The molecule has 0 saturated heterocycles. The van der Waals surface area contributed by atoms with Crippen LogP contribution in [0.5, 0.6) is 0 Å². The number of esters is 2. The summed E-state index contributed by atoms with van der Waals surface area (Å²) in [6, 6.07) is 17.9. The quantitative estimate of drug-likeness (QED) is 0.350. The average molecular weight is 581 g/mol. The molecule has 0 aromatic heterocycles. The molecule has 0 saturated carbocycles. The van der Waals surface area contributed by atoms with Crippen molar-refractivity contribution in [1.82, 2.24) is 0 Å². The summed E-state index contributed by atoms with van der Waals surface area (Å²) in [7, 11) is 0. The molecule has 0 aliphatic rings. The van der Waals surface area contributed by atoms with Crippen molar-refractivity contribution in [3.05, 3.63) is 98.4 Å². The number of carbonyl (C=O) groups excluding carboxylic acids is 3. The number of halogens is 3. The van der Waals surface area contributed by atoms with Gasteiger partial charge in [-0.3, -0.25) is 4.79 Å². The predicted molar refractivity (Wildman–Crippen MR) is 132 cm³/mol. The summed E-state index contributed by atoms with van der Waals surface area (Å²) in [6.07, 6.45) is -4.29. The zero-order valence-corrected chi connectivity index (χ0v) is 20.7. The van der Waals surface area contributed by atoms with E-state index in [0.29, 0.717) is 0 Å². The Labute approximate surface area is 217 Å². The first-order valence-electron chi connectivity index (χ1n) is 9.87. The molecule has 0 heterocycles. The fourth-order valence-electron chi connectivity index (χ4n) is 2.85. The van der Waals surface area contributed by atoms with Crippen molar-refractivity contribution < 1.29 is 33.8 Å². The van der Waals surface area contributed by atoms with Gasteiger partial charge < -0.3 is 19.9 Å². The molecule has 3 aromatic rings. The molecule has 0 spiro atoms. The van der Waals surface area contributed by atoms with Gasteiger partial charge in [-0.1, -0.05) is 63.4 Å². The van der Waals surface area contributed by atoms with Crippen LogP contribution in [-0.2, 0) is 19.1 Å². The average Bonchev–Trinajstić information content (AvgIpc) is 2.82. The highest BCUT2D eigenvalue weighted by Gasteiger charge is 2.41. The first-order chi connectivity index (χ1) is 16.7. The summed E-state index contributed by atoms with van der Waals surface area (Å²) >= 11 is 15.3. The molecule has 1 amide bonds. The van der Waals surface area contributed by atoms with E-state index in [-0.39, 0.29) is 26.9 Å². The van der Waals surface area contributed by atoms with Gasteiger partial charge in [-0.2, -0.15) is 0 Å². The first kappa shape index (κ1) is 26.2. The highest BCUT2D eigenvalue weighted by atomic mass is 79.9. The second-order valence-corrected chi connectivity index (χ2v) is 8.68. The van der Waals surface area contributed by atoms with Crippen LogP contribution >= 0.6 is 39.1 Å². The Kier molecular flexibility index (Phi) is 8.86. The molecule has 8 nitrogen and oxygen atoms in total. The summed E-state index contributed by atoms with van der Waals surface area (Å²) in [5, 5.41) is 12.3. The molecule has 2 atom stereocenters. The lowest BCUT2D eigenvalue weighted by molar-refractivity contribution is -0.157. The van der Waals surface area contributed by atoms with Crippen molar-refractivity contribution in [2.24, 2.45) is 0 Å². The van der Waals surface area contributed by atoms with Crippen LogP contribution in [0, 0.1) is 0 Å². The first-order valence-corrected chi connectivity index (χ1v) is 11.4. The Morgan fingerprint density at radius 1 is 0.743 bits per heavy atom. The smallest absolute Gasteiger partial charge is 0.349 e. The second-order valence-electron chi connectivity index (χ2n) is 6.95. The molecule has 0 unspecified atom stereocenters. The van der Waals surface area contributed by atoms with Crippen LogP contribution in [0.25, 0.3) is 0 Å². The van der Waals surface area contributed by atoms with Gasteiger partial charge in [0.25, 0.3) is 5.91 Å².